The van der Waals surface area contributed by atoms with Crippen LogP contribution < -0.4 is 0 Å². The Kier molecular flexibility index (Phi) is 1.80. The summed E-state index contributed by atoms with van der Waals surface area (Å²) in [5.74, 6) is 0. The van der Waals surface area contributed by atoms with Gasteiger partial charge in [0, 0.05) is 12.7 Å². The second-order valence-electron chi connectivity index (χ2n) is 1.84. The van der Waals surface area contributed by atoms with Crippen LogP contribution in [-0.4, -0.2) is 19.5 Å². The lowest BCUT2D eigenvalue weighted by Crippen LogP contribution is -1.98. The van der Waals surface area contributed by atoms with Crippen molar-refractivity contribution in [3.63, 3.8) is 0 Å². The van der Waals surface area contributed by atoms with E-state index in [4.69, 9.17) is 4.74 Å². The summed E-state index contributed by atoms with van der Waals surface area (Å²) in [6.07, 6.45) is 6.18. The minimum absolute atomic E-state index is 0.00481. The molecule has 2 nitrogen and oxygen atoms in total. The zero-order chi connectivity index (χ0) is 6.69. The van der Waals surface area contributed by atoms with Crippen molar-refractivity contribution in [2.24, 2.45) is 0 Å². The number of carbonyl (C=O) groups excluding carboxylic acids is 1. The van der Waals surface area contributed by atoms with Crippen LogP contribution in [0.3, 0.4) is 0 Å². The molecule has 0 aliphatic heterocycles. The second-order valence-corrected chi connectivity index (χ2v) is 1.84. The number of carbonyl (C=O) groups is 1. The van der Waals surface area contributed by atoms with Crippen LogP contribution in [0.5, 0.6) is 0 Å². The first-order valence-electron chi connectivity index (χ1n) is 2.75. The van der Waals surface area contributed by atoms with Crippen LogP contribution >= 0.6 is 0 Å². The highest BCUT2D eigenvalue weighted by atomic mass is 16.5. The number of aldehydes is 1. The van der Waals surface area contributed by atoms with Gasteiger partial charge in [0.05, 0.1) is 6.10 Å². The molecule has 2 heteroatoms. The summed E-state index contributed by atoms with van der Waals surface area (Å²) in [5, 5.41) is 0. The largest absolute Gasteiger partial charge is 0.373 e. The molecule has 9 heavy (non-hydrogen) atoms. The van der Waals surface area contributed by atoms with Crippen molar-refractivity contribution >= 4 is 6.29 Å². The summed E-state index contributed by atoms with van der Waals surface area (Å²) < 4.78 is 4.92. The molecule has 0 spiro atoms. The van der Waals surface area contributed by atoms with Gasteiger partial charge in [0.2, 0.25) is 0 Å². The molecule has 0 aromatic heterocycles. The van der Waals surface area contributed by atoms with Crippen molar-refractivity contribution in [2.45, 2.75) is 6.10 Å². The van der Waals surface area contributed by atoms with E-state index in [0.29, 0.717) is 5.57 Å². The minimum Gasteiger partial charge on any atom is -0.373 e. The molecular weight excluding hydrogens is 116 g/mol. The van der Waals surface area contributed by atoms with Crippen molar-refractivity contribution in [3.05, 3.63) is 23.8 Å². The highest BCUT2D eigenvalue weighted by Gasteiger charge is 2.05. The maximum atomic E-state index is 10.1. The van der Waals surface area contributed by atoms with E-state index in [0.717, 1.165) is 6.29 Å². The van der Waals surface area contributed by atoms with Crippen LogP contribution in [0, 0.1) is 0 Å². The molecule has 0 saturated carbocycles. The summed E-state index contributed by atoms with van der Waals surface area (Å²) in [4.78, 5) is 10.1. The van der Waals surface area contributed by atoms with Crippen molar-refractivity contribution in [3.8, 4) is 0 Å². The molecule has 1 aliphatic carbocycles. The van der Waals surface area contributed by atoms with Crippen LogP contribution in [0.25, 0.3) is 0 Å². The third-order valence-electron chi connectivity index (χ3n) is 1.24. The van der Waals surface area contributed by atoms with Crippen molar-refractivity contribution in [1.29, 1.82) is 0 Å². The lowest BCUT2D eigenvalue weighted by molar-refractivity contribution is -0.104. The number of rotatable bonds is 2. The Labute approximate surface area is 53.8 Å². The fourth-order valence-electron chi connectivity index (χ4n) is 0.732. The summed E-state index contributed by atoms with van der Waals surface area (Å²) in [7, 11) is 1.61. The maximum absolute atomic E-state index is 10.1. The fourth-order valence-corrected chi connectivity index (χ4v) is 0.732. The number of hydrogen-bond donors (Lipinski definition) is 0. The Hall–Kier alpha value is -0.890. The quantitative estimate of drug-likeness (QED) is 0.506. The molecule has 1 unspecified atom stereocenters. The minimum atomic E-state index is 0.00481. The van der Waals surface area contributed by atoms with E-state index in [-0.39, 0.29) is 6.10 Å². The lowest BCUT2D eigenvalue weighted by Gasteiger charge is -1.97. The first kappa shape index (κ1) is 6.23. The van der Waals surface area contributed by atoms with Crippen LogP contribution in [0.15, 0.2) is 23.8 Å². The molecule has 0 amide bonds. The maximum Gasteiger partial charge on any atom is 0.149 e. The molecule has 0 bridgehead atoms. The van der Waals surface area contributed by atoms with Gasteiger partial charge in [-0.2, -0.15) is 0 Å². The van der Waals surface area contributed by atoms with Crippen LogP contribution in [0.4, 0.5) is 0 Å². The van der Waals surface area contributed by atoms with Gasteiger partial charge < -0.3 is 4.74 Å². The average molecular weight is 124 g/mol. The van der Waals surface area contributed by atoms with E-state index in [9.17, 15) is 4.79 Å². The average Bonchev–Trinajstić information content (AvgIpc) is 2.34. The third kappa shape index (κ3) is 1.27. The van der Waals surface area contributed by atoms with Crippen molar-refractivity contribution in [2.75, 3.05) is 7.11 Å². The summed E-state index contributed by atoms with van der Waals surface area (Å²) in [6.45, 7) is 0. The Morgan fingerprint density at radius 3 is 2.89 bits per heavy atom. The van der Waals surface area contributed by atoms with Gasteiger partial charge in [-0.3, -0.25) is 4.79 Å². The standard InChI is InChI=1S/C7H8O2/c1-9-7-3-2-6(4-7)5-8/h2-5,7H,1H3. The van der Waals surface area contributed by atoms with Gasteiger partial charge in [0.25, 0.3) is 0 Å². The smallest absolute Gasteiger partial charge is 0.149 e. The highest BCUT2D eigenvalue weighted by molar-refractivity contribution is 5.79. The van der Waals surface area contributed by atoms with E-state index in [1.807, 2.05) is 6.08 Å². The number of allylic oxidation sites excluding steroid dienone is 2. The van der Waals surface area contributed by atoms with E-state index in [1.165, 1.54) is 0 Å². The molecule has 1 atom stereocenters. The van der Waals surface area contributed by atoms with E-state index < -0.39 is 0 Å². The molecule has 0 radical (unpaired) electrons. The first-order valence-corrected chi connectivity index (χ1v) is 2.75. The Bertz CT molecular complexity index is 168. The van der Waals surface area contributed by atoms with Gasteiger partial charge in [-0.25, -0.2) is 0 Å². The highest BCUT2D eigenvalue weighted by Crippen LogP contribution is 2.08. The van der Waals surface area contributed by atoms with Crippen molar-refractivity contribution in [1.82, 2.24) is 0 Å². The third-order valence-corrected chi connectivity index (χ3v) is 1.24. The molecule has 0 aromatic rings. The normalized spacial score (nSPS) is 24.1. The van der Waals surface area contributed by atoms with Gasteiger partial charge in [-0.05, 0) is 6.08 Å². The van der Waals surface area contributed by atoms with E-state index in [1.54, 1.807) is 19.3 Å². The predicted octanol–water partition coefficient (Wildman–Crippen LogP) is 0.697. The summed E-state index contributed by atoms with van der Waals surface area (Å²) in [6, 6.07) is 0. The van der Waals surface area contributed by atoms with Crippen LogP contribution in [0.1, 0.15) is 0 Å². The zero-order valence-corrected chi connectivity index (χ0v) is 5.20. The van der Waals surface area contributed by atoms with Crippen LogP contribution in [-0.2, 0) is 9.53 Å². The first-order chi connectivity index (χ1) is 4.36. The number of ether oxygens (including phenoxy) is 1. The molecule has 0 fully saturated rings. The zero-order valence-electron chi connectivity index (χ0n) is 5.20. The van der Waals surface area contributed by atoms with Gasteiger partial charge in [0.1, 0.15) is 6.29 Å². The molecule has 0 saturated heterocycles. The molecule has 1 aliphatic rings. The molecule has 0 aromatic carbocycles. The van der Waals surface area contributed by atoms with Gasteiger partial charge >= 0.3 is 0 Å². The van der Waals surface area contributed by atoms with Crippen molar-refractivity contribution < 1.29 is 9.53 Å². The Morgan fingerprint density at radius 1 is 1.78 bits per heavy atom. The summed E-state index contributed by atoms with van der Waals surface area (Å²) in [5.41, 5.74) is 0.696. The Balaban J connectivity index is 2.62. The molecule has 0 N–H and O–H groups in total. The van der Waals surface area contributed by atoms with Gasteiger partial charge in [-0.15, -0.1) is 0 Å². The van der Waals surface area contributed by atoms with E-state index in [2.05, 4.69) is 0 Å². The Morgan fingerprint density at radius 2 is 2.56 bits per heavy atom. The molecule has 0 heterocycles. The molecular formula is C7H8O2. The summed E-state index contributed by atoms with van der Waals surface area (Å²) >= 11 is 0. The fraction of sp³-hybridized carbons (Fsp3) is 0.286. The topological polar surface area (TPSA) is 26.3 Å². The predicted molar refractivity (Wildman–Crippen MR) is 34.1 cm³/mol. The molecule has 48 valence electrons. The van der Waals surface area contributed by atoms with E-state index >= 15 is 0 Å². The number of methoxy groups -OCH3 is 1. The SMILES string of the molecule is COC1C=CC(C=O)=C1. The van der Waals surface area contributed by atoms with Crippen LogP contribution in [0.2, 0.25) is 0 Å². The van der Waals surface area contributed by atoms with Gasteiger partial charge in [0.15, 0.2) is 0 Å². The molecule has 1 rings (SSSR count). The second kappa shape index (κ2) is 2.60. The number of hydrogen-bond acceptors (Lipinski definition) is 2. The monoisotopic (exact) mass is 124 g/mol. The van der Waals surface area contributed by atoms with Gasteiger partial charge in [-0.1, -0.05) is 12.2 Å². The lowest BCUT2D eigenvalue weighted by atomic mass is 10.3.